The van der Waals surface area contributed by atoms with Crippen LogP contribution in [-0.4, -0.2) is 7.05 Å². The van der Waals surface area contributed by atoms with Gasteiger partial charge in [-0.15, -0.1) is 0 Å². The Morgan fingerprint density at radius 3 is 2.79 bits per heavy atom. The van der Waals surface area contributed by atoms with Gasteiger partial charge in [0.2, 0.25) is 0 Å². The van der Waals surface area contributed by atoms with Crippen molar-refractivity contribution in [3.05, 3.63) is 24.2 Å². The van der Waals surface area contributed by atoms with Crippen molar-refractivity contribution in [1.82, 2.24) is 5.32 Å². The smallest absolute Gasteiger partial charge is 0.0950 e. The molecule has 0 aromatic carbocycles. The second kappa shape index (κ2) is 3.13. The summed E-state index contributed by atoms with van der Waals surface area (Å²) in [6, 6.07) is 2.62. The summed E-state index contributed by atoms with van der Waals surface area (Å²) in [5, 5.41) is 3.44. The number of furan rings is 1. The Balaban J connectivity index is 1.77. The Labute approximate surface area is 84.7 Å². The molecule has 3 unspecified atom stereocenters. The van der Waals surface area contributed by atoms with E-state index in [9.17, 15) is 0 Å². The van der Waals surface area contributed by atoms with Crippen LogP contribution in [0.25, 0.3) is 0 Å². The van der Waals surface area contributed by atoms with E-state index < -0.39 is 0 Å². The second-order valence-electron chi connectivity index (χ2n) is 4.66. The lowest BCUT2D eigenvalue weighted by atomic mass is 9.99. The molecule has 0 bridgehead atoms. The fourth-order valence-corrected chi connectivity index (χ4v) is 3.40. The molecule has 2 nitrogen and oxygen atoms in total. The fraction of sp³-hybridized carbons (Fsp3) is 0.667. The SMILES string of the molecule is CNC(c1ccoc1)C1C2CCCC21. The van der Waals surface area contributed by atoms with Crippen molar-refractivity contribution >= 4 is 0 Å². The molecule has 0 saturated heterocycles. The van der Waals surface area contributed by atoms with Gasteiger partial charge in [-0.3, -0.25) is 0 Å². The van der Waals surface area contributed by atoms with E-state index in [4.69, 9.17) is 4.42 Å². The molecule has 1 heterocycles. The predicted molar refractivity (Wildman–Crippen MR) is 54.8 cm³/mol. The summed E-state index contributed by atoms with van der Waals surface area (Å²) >= 11 is 0. The maximum atomic E-state index is 5.16. The highest BCUT2D eigenvalue weighted by molar-refractivity contribution is 5.19. The first-order chi connectivity index (χ1) is 6.92. The molecule has 1 aromatic heterocycles. The topological polar surface area (TPSA) is 25.2 Å². The maximum absolute atomic E-state index is 5.16. The average Bonchev–Trinajstić information content (AvgIpc) is 2.67. The first-order valence-corrected chi connectivity index (χ1v) is 5.61. The highest BCUT2D eigenvalue weighted by Gasteiger charge is 2.55. The van der Waals surface area contributed by atoms with Crippen molar-refractivity contribution in [2.24, 2.45) is 17.8 Å². The quantitative estimate of drug-likeness (QED) is 0.794. The Kier molecular flexibility index (Phi) is 1.91. The number of rotatable bonds is 3. The van der Waals surface area contributed by atoms with Crippen LogP contribution in [0.15, 0.2) is 23.0 Å². The third kappa shape index (κ3) is 1.13. The van der Waals surface area contributed by atoms with Crippen LogP contribution < -0.4 is 5.32 Å². The molecule has 76 valence electrons. The van der Waals surface area contributed by atoms with Crippen LogP contribution in [0.3, 0.4) is 0 Å². The van der Waals surface area contributed by atoms with E-state index >= 15 is 0 Å². The predicted octanol–water partition coefficient (Wildman–Crippen LogP) is 2.59. The van der Waals surface area contributed by atoms with E-state index in [1.165, 1.54) is 24.8 Å². The van der Waals surface area contributed by atoms with Gasteiger partial charge in [0.1, 0.15) is 0 Å². The van der Waals surface area contributed by atoms with Crippen molar-refractivity contribution in [3.8, 4) is 0 Å². The van der Waals surface area contributed by atoms with E-state index in [-0.39, 0.29) is 0 Å². The largest absolute Gasteiger partial charge is 0.472 e. The minimum absolute atomic E-state index is 0.532. The van der Waals surface area contributed by atoms with Crippen LogP contribution in [0.5, 0.6) is 0 Å². The van der Waals surface area contributed by atoms with Gasteiger partial charge in [0.15, 0.2) is 0 Å². The van der Waals surface area contributed by atoms with Crippen LogP contribution in [0.1, 0.15) is 30.9 Å². The fourth-order valence-electron chi connectivity index (χ4n) is 3.40. The molecule has 2 aliphatic rings. The number of nitrogens with one attached hydrogen (secondary N) is 1. The summed E-state index contributed by atoms with van der Waals surface area (Å²) in [6.45, 7) is 0. The van der Waals surface area contributed by atoms with Gasteiger partial charge in [0, 0.05) is 11.6 Å². The van der Waals surface area contributed by atoms with Crippen molar-refractivity contribution in [2.45, 2.75) is 25.3 Å². The van der Waals surface area contributed by atoms with Crippen molar-refractivity contribution in [1.29, 1.82) is 0 Å². The number of hydrogen-bond donors (Lipinski definition) is 1. The molecular weight excluding hydrogens is 174 g/mol. The molecule has 3 rings (SSSR count). The Hall–Kier alpha value is -0.760. The van der Waals surface area contributed by atoms with Crippen LogP contribution in [0, 0.1) is 17.8 Å². The lowest BCUT2D eigenvalue weighted by Gasteiger charge is -2.16. The Bertz CT molecular complexity index is 296. The highest BCUT2D eigenvalue weighted by Crippen LogP contribution is 2.62. The molecule has 0 amide bonds. The highest BCUT2D eigenvalue weighted by atomic mass is 16.3. The van der Waals surface area contributed by atoms with E-state index in [0.717, 1.165) is 17.8 Å². The van der Waals surface area contributed by atoms with Gasteiger partial charge in [0.25, 0.3) is 0 Å². The normalized spacial score (nSPS) is 36.8. The van der Waals surface area contributed by atoms with Crippen molar-refractivity contribution < 1.29 is 4.42 Å². The summed E-state index contributed by atoms with van der Waals surface area (Å²) in [5.74, 6) is 2.89. The van der Waals surface area contributed by atoms with Crippen LogP contribution in [0.2, 0.25) is 0 Å². The lowest BCUT2D eigenvalue weighted by Crippen LogP contribution is -2.19. The van der Waals surface area contributed by atoms with Crippen molar-refractivity contribution in [2.75, 3.05) is 7.05 Å². The molecular formula is C12H17NO. The Morgan fingerprint density at radius 2 is 2.21 bits per heavy atom. The minimum Gasteiger partial charge on any atom is -0.472 e. The molecule has 1 N–H and O–H groups in total. The zero-order chi connectivity index (χ0) is 9.54. The molecule has 2 aliphatic carbocycles. The third-order valence-corrected chi connectivity index (χ3v) is 4.07. The average molecular weight is 191 g/mol. The van der Waals surface area contributed by atoms with E-state index in [1.807, 2.05) is 6.26 Å². The summed E-state index contributed by atoms with van der Waals surface area (Å²) < 4.78 is 5.16. The number of hydrogen-bond acceptors (Lipinski definition) is 2. The maximum Gasteiger partial charge on any atom is 0.0950 e. The van der Waals surface area contributed by atoms with E-state index in [0.29, 0.717) is 6.04 Å². The van der Waals surface area contributed by atoms with Crippen LogP contribution in [-0.2, 0) is 0 Å². The van der Waals surface area contributed by atoms with Gasteiger partial charge in [-0.25, -0.2) is 0 Å². The van der Waals surface area contributed by atoms with Gasteiger partial charge in [0.05, 0.1) is 12.5 Å². The molecule has 3 atom stereocenters. The van der Waals surface area contributed by atoms with E-state index in [2.05, 4.69) is 18.4 Å². The van der Waals surface area contributed by atoms with Gasteiger partial charge in [-0.05, 0) is 43.7 Å². The molecule has 2 saturated carbocycles. The zero-order valence-electron chi connectivity index (χ0n) is 8.57. The summed E-state index contributed by atoms with van der Waals surface area (Å²) in [7, 11) is 2.06. The molecule has 1 aromatic rings. The summed E-state index contributed by atoms with van der Waals surface area (Å²) in [5.41, 5.74) is 1.33. The van der Waals surface area contributed by atoms with Gasteiger partial charge < -0.3 is 9.73 Å². The third-order valence-electron chi connectivity index (χ3n) is 4.07. The van der Waals surface area contributed by atoms with Gasteiger partial charge in [-0.1, -0.05) is 6.42 Å². The molecule has 0 spiro atoms. The first-order valence-electron chi connectivity index (χ1n) is 5.61. The van der Waals surface area contributed by atoms with Crippen LogP contribution >= 0.6 is 0 Å². The standard InChI is InChI=1S/C12H17NO/c1-13-12(8-5-6-14-7-8)11-9-3-2-4-10(9)11/h5-7,9-13H,2-4H2,1H3. The molecule has 14 heavy (non-hydrogen) atoms. The first kappa shape index (κ1) is 8.54. The Morgan fingerprint density at radius 1 is 1.43 bits per heavy atom. The molecule has 0 aliphatic heterocycles. The molecule has 0 radical (unpaired) electrons. The monoisotopic (exact) mass is 191 g/mol. The van der Waals surface area contributed by atoms with E-state index in [1.54, 1.807) is 6.26 Å². The second-order valence-corrected chi connectivity index (χ2v) is 4.66. The van der Waals surface area contributed by atoms with Gasteiger partial charge >= 0.3 is 0 Å². The minimum atomic E-state index is 0.532. The summed E-state index contributed by atoms with van der Waals surface area (Å²) in [6.07, 6.45) is 8.01. The molecule has 2 fully saturated rings. The summed E-state index contributed by atoms with van der Waals surface area (Å²) in [4.78, 5) is 0. The lowest BCUT2D eigenvalue weighted by molar-refractivity contribution is 0.439. The van der Waals surface area contributed by atoms with Crippen LogP contribution in [0.4, 0.5) is 0 Å². The van der Waals surface area contributed by atoms with Crippen molar-refractivity contribution in [3.63, 3.8) is 0 Å². The van der Waals surface area contributed by atoms with Gasteiger partial charge in [-0.2, -0.15) is 0 Å². The number of fused-ring (bicyclic) bond motifs is 1. The molecule has 2 heteroatoms. The zero-order valence-corrected chi connectivity index (χ0v) is 8.57.